The highest BCUT2D eigenvalue weighted by Gasteiger charge is 2.40. The molecule has 0 bridgehead atoms. The minimum absolute atomic E-state index is 0.0308. The van der Waals surface area contributed by atoms with Crippen molar-refractivity contribution in [3.8, 4) is 0 Å². The molecule has 0 saturated heterocycles. The molecular formula is C19H17F2NO. The standard InChI is InChI=1S/C19H17F2NO/c1-22-16-11-15(12-6-3-2-4-7-12)18(23)17(16)13-8-5-9-14(10-13)19(20)21/h2-10,15,17,19H,11H2,1H3. The molecule has 2 atom stereocenters. The Morgan fingerprint density at radius 2 is 1.74 bits per heavy atom. The molecule has 23 heavy (non-hydrogen) atoms. The molecule has 0 heterocycles. The van der Waals surface area contributed by atoms with Gasteiger partial charge in [0.15, 0.2) is 5.78 Å². The number of ketones is 1. The van der Waals surface area contributed by atoms with Crippen LogP contribution in [0.2, 0.25) is 0 Å². The summed E-state index contributed by atoms with van der Waals surface area (Å²) >= 11 is 0. The average Bonchev–Trinajstić information content (AvgIpc) is 2.92. The zero-order valence-corrected chi connectivity index (χ0v) is 12.7. The number of carbonyl (C=O) groups is 1. The monoisotopic (exact) mass is 313 g/mol. The van der Waals surface area contributed by atoms with Gasteiger partial charge in [-0.25, -0.2) is 8.78 Å². The first-order valence-corrected chi connectivity index (χ1v) is 7.54. The number of hydrogen-bond acceptors (Lipinski definition) is 2. The maximum Gasteiger partial charge on any atom is 0.263 e. The summed E-state index contributed by atoms with van der Waals surface area (Å²) in [5, 5.41) is 0. The van der Waals surface area contributed by atoms with Crippen LogP contribution < -0.4 is 0 Å². The molecule has 0 aliphatic heterocycles. The summed E-state index contributed by atoms with van der Waals surface area (Å²) in [6.07, 6.45) is -2.00. The molecule has 1 aliphatic rings. The molecule has 1 saturated carbocycles. The van der Waals surface area contributed by atoms with E-state index in [-0.39, 0.29) is 17.3 Å². The molecule has 118 valence electrons. The first-order chi connectivity index (χ1) is 11.1. The molecule has 1 fully saturated rings. The van der Waals surface area contributed by atoms with Crippen LogP contribution in [-0.2, 0) is 4.79 Å². The van der Waals surface area contributed by atoms with Gasteiger partial charge in [-0.15, -0.1) is 0 Å². The maximum atomic E-state index is 12.9. The lowest BCUT2D eigenvalue weighted by atomic mass is 9.90. The number of nitrogens with zero attached hydrogens (tertiary/aromatic N) is 1. The molecule has 0 aromatic heterocycles. The van der Waals surface area contributed by atoms with E-state index >= 15 is 0 Å². The van der Waals surface area contributed by atoms with Gasteiger partial charge in [-0.05, 0) is 17.2 Å². The number of benzene rings is 2. The summed E-state index contributed by atoms with van der Waals surface area (Å²) in [6, 6.07) is 15.7. The predicted molar refractivity (Wildman–Crippen MR) is 86.3 cm³/mol. The zero-order valence-electron chi connectivity index (χ0n) is 12.7. The summed E-state index contributed by atoms with van der Waals surface area (Å²) in [6.45, 7) is 0. The second kappa shape index (κ2) is 6.41. The number of rotatable bonds is 3. The van der Waals surface area contributed by atoms with Crippen molar-refractivity contribution in [2.45, 2.75) is 24.7 Å². The predicted octanol–water partition coefficient (Wildman–Crippen LogP) is 4.54. The van der Waals surface area contributed by atoms with E-state index in [0.29, 0.717) is 12.0 Å². The molecule has 0 amide bonds. The van der Waals surface area contributed by atoms with Crippen LogP contribution in [0.5, 0.6) is 0 Å². The Bertz CT molecular complexity index is 740. The van der Waals surface area contributed by atoms with Gasteiger partial charge >= 0.3 is 0 Å². The Labute approximate surface area is 133 Å². The SMILES string of the molecule is CN=C1CC(c2ccccc2)C(=O)C1c1cccc(C(F)F)c1. The first kappa shape index (κ1) is 15.5. The first-order valence-electron chi connectivity index (χ1n) is 7.54. The van der Waals surface area contributed by atoms with Gasteiger partial charge in [0.2, 0.25) is 0 Å². The van der Waals surface area contributed by atoms with Crippen LogP contribution in [0.4, 0.5) is 8.78 Å². The Balaban J connectivity index is 1.99. The van der Waals surface area contributed by atoms with Gasteiger partial charge in [0, 0.05) is 30.7 Å². The highest BCUT2D eigenvalue weighted by Crippen LogP contribution is 2.39. The number of carbonyl (C=O) groups excluding carboxylic acids is 1. The third-order valence-corrected chi connectivity index (χ3v) is 4.36. The summed E-state index contributed by atoms with van der Waals surface area (Å²) in [4.78, 5) is 17.1. The van der Waals surface area contributed by atoms with Crippen LogP contribution in [0, 0.1) is 0 Å². The lowest BCUT2D eigenvalue weighted by Crippen LogP contribution is -2.15. The average molecular weight is 313 g/mol. The third kappa shape index (κ3) is 2.93. The third-order valence-electron chi connectivity index (χ3n) is 4.36. The van der Waals surface area contributed by atoms with E-state index in [1.807, 2.05) is 30.3 Å². The molecule has 2 unspecified atom stereocenters. The second-order valence-electron chi connectivity index (χ2n) is 5.69. The number of Topliss-reactive ketones (excluding diaryl/α,β-unsaturated/α-hetero) is 1. The summed E-state index contributed by atoms with van der Waals surface area (Å²) in [7, 11) is 1.65. The van der Waals surface area contributed by atoms with E-state index in [1.165, 1.54) is 12.1 Å². The van der Waals surface area contributed by atoms with Gasteiger partial charge in [0.1, 0.15) is 0 Å². The van der Waals surface area contributed by atoms with Crippen LogP contribution in [0.3, 0.4) is 0 Å². The Kier molecular flexibility index (Phi) is 4.33. The van der Waals surface area contributed by atoms with Crippen molar-refractivity contribution in [2.24, 2.45) is 4.99 Å². The van der Waals surface area contributed by atoms with Crippen LogP contribution in [0.1, 0.15) is 41.4 Å². The largest absolute Gasteiger partial charge is 0.298 e. The fourth-order valence-corrected chi connectivity index (χ4v) is 3.21. The van der Waals surface area contributed by atoms with Crippen LogP contribution in [-0.4, -0.2) is 18.5 Å². The quantitative estimate of drug-likeness (QED) is 0.818. The number of aliphatic imine (C=N–C) groups is 1. The maximum absolute atomic E-state index is 12.9. The number of halogens is 2. The van der Waals surface area contributed by atoms with Gasteiger partial charge in [0.25, 0.3) is 6.43 Å². The van der Waals surface area contributed by atoms with E-state index in [2.05, 4.69) is 4.99 Å². The Morgan fingerprint density at radius 1 is 1.04 bits per heavy atom. The molecule has 2 aromatic carbocycles. The molecule has 0 N–H and O–H groups in total. The van der Waals surface area contributed by atoms with Gasteiger partial charge in [-0.1, -0.05) is 48.5 Å². The zero-order chi connectivity index (χ0) is 16.4. The smallest absolute Gasteiger partial charge is 0.263 e. The lowest BCUT2D eigenvalue weighted by molar-refractivity contribution is -0.119. The van der Waals surface area contributed by atoms with Crippen molar-refractivity contribution in [3.63, 3.8) is 0 Å². The highest BCUT2D eigenvalue weighted by molar-refractivity contribution is 6.18. The lowest BCUT2D eigenvalue weighted by Gasteiger charge is -2.12. The molecule has 2 aromatic rings. The second-order valence-corrected chi connectivity index (χ2v) is 5.69. The minimum Gasteiger partial charge on any atom is -0.298 e. The fourth-order valence-electron chi connectivity index (χ4n) is 3.21. The van der Waals surface area contributed by atoms with Crippen molar-refractivity contribution in [3.05, 3.63) is 71.3 Å². The summed E-state index contributed by atoms with van der Waals surface area (Å²) in [5.41, 5.74) is 2.25. The van der Waals surface area contributed by atoms with Crippen molar-refractivity contribution >= 4 is 11.5 Å². The summed E-state index contributed by atoms with van der Waals surface area (Å²) < 4.78 is 25.9. The number of alkyl halides is 2. The number of hydrogen-bond donors (Lipinski definition) is 0. The molecule has 1 aliphatic carbocycles. The fraction of sp³-hybridized carbons (Fsp3) is 0.263. The van der Waals surface area contributed by atoms with Gasteiger partial charge in [0.05, 0.1) is 5.92 Å². The van der Waals surface area contributed by atoms with E-state index in [0.717, 1.165) is 11.3 Å². The normalized spacial score (nSPS) is 23.0. The van der Waals surface area contributed by atoms with Crippen LogP contribution in [0.25, 0.3) is 0 Å². The minimum atomic E-state index is -2.54. The van der Waals surface area contributed by atoms with Gasteiger partial charge in [-0.2, -0.15) is 0 Å². The molecule has 2 nitrogen and oxygen atoms in total. The molecular weight excluding hydrogens is 296 g/mol. The van der Waals surface area contributed by atoms with Crippen LogP contribution in [0.15, 0.2) is 59.6 Å². The van der Waals surface area contributed by atoms with Crippen molar-refractivity contribution < 1.29 is 13.6 Å². The van der Waals surface area contributed by atoms with Crippen LogP contribution >= 0.6 is 0 Å². The molecule has 3 rings (SSSR count). The Morgan fingerprint density at radius 3 is 2.39 bits per heavy atom. The molecule has 4 heteroatoms. The van der Waals surface area contributed by atoms with E-state index in [4.69, 9.17) is 0 Å². The van der Waals surface area contributed by atoms with Gasteiger partial charge in [-0.3, -0.25) is 9.79 Å². The Hall–Kier alpha value is -2.36. The van der Waals surface area contributed by atoms with E-state index in [9.17, 15) is 13.6 Å². The van der Waals surface area contributed by atoms with Crippen molar-refractivity contribution in [2.75, 3.05) is 7.05 Å². The molecule has 0 spiro atoms. The van der Waals surface area contributed by atoms with E-state index < -0.39 is 12.3 Å². The van der Waals surface area contributed by atoms with Gasteiger partial charge < -0.3 is 0 Å². The topological polar surface area (TPSA) is 29.4 Å². The highest BCUT2D eigenvalue weighted by atomic mass is 19.3. The van der Waals surface area contributed by atoms with Crippen molar-refractivity contribution in [1.82, 2.24) is 0 Å². The van der Waals surface area contributed by atoms with E-state index in [1.54, 1.807) is 19.2 Å². The summed E-state index contributed by atoms with van der Waals surface area (Å²) in [5.74, 6) is -0.748. The molecule has 0 radical (unpaired) electrons. The van der Waals surface area contributed by atoms with Crippen molar-refractivity contribution in [1.29, 1.82) is 0 Å².